The maximum atomic E-state index is 6.89. The van der Waals surface area contributed by atoms with Crippen LogP contribution < -0.4 is 0 Å². The van der Waals surface area contributed by atoms with Crippen LogP contribution >= 0.6 is 42.3 Å². The normalized spacial score (nSPS) is 13.3. The number of benzene rings is 8. The Kier molecular flexibility index (Phi) is 11.4. The number of hydrogen-bond donors (Lipinski definition) is 0. The third kappa shape index (κ3) is 7.71. The van der Waals surface area contributed by atoms with E-state index in [9.17, 15) is 0 Å². The van der Waals surface area contributed by atoms with Gasteiger partial charge < -0.3 is 0 Å². The zero-order valence-electron chi connectivity index (χ0n) is 29.0. The third-order valence-corrected chi connectivity index (χ3v) is 10.0. The van der Waals surface area contributed by atoms with Crippen molar-refractivity contribution in [2.24, 2.45) is 9.98 Å². The zero-order valence-corrected chi connectivity index (χ0v) is 33.6. The van der Waals surface area contributed by atoms with Crippen molar-refractivity contribution in [1.82, 2.24) is 0 Å². The zero-order chi connectivity index (χ0) is 37.7. The second-order valence-electron chi connectivity index (χ2n) is 12.8. The molecular formula is C48H30Cl4N2Pd. The first-order chi connectivity index (χ1) is 27.0. The van der Waals surface area contributed by atoms with Crippen LogP contribution in [0.1, 0.15) is 11.1 Å². The number of hydrogen-bond acceptors (Lipinski definition) is 2. The predicted molar refractivity (Wildman–Crippen MR) is 233 cm³/mol. The Labute approximate surface area is 346 Å². The standard InChI is InChI=1S/C48H30Cl2N2.2ClH.Pd/c49-36-27-40(31-15-5-1-6-16-31)45(41(28-36)32-17-7-2-8-18-32)51-47-38-25-13-23-35-24-14-26-39(44(35)38)48(47)52-46-42(33-19-9-3-10-20-33)29-37(50)30-43(46)34-21-11-4-12-22-34;;;/h1-30H;2*1H;/q;;;+2/p-2. The molecule has 0 spiro atoms. The Hall–Kier alpha value is -4.82. The van der Waals surface area contributed by atoms with E-state index in [0.29, 0.717) is 10.0 Å². The molecule has 0 amide bonds. The average Bonchev–Trinajstić information content (AvgIpc) is 3.53. The summed E-state index contributed by atoms with van der Waals surface area (Å²) in [7, 11) is 9.63. The molecule has 0 radical (unpaired) electrons. The molecule has 1 aliphatic rings. The number of aliphatic imine (C=N–C) groups is 2. The van der Waals surface area contributed by atoms with Crippen LogP contribution in [0.5, 0.6) is 0 Å². The molecule has 0 fully saturated rings. The Morgan fingerprint density at radius 3 is 0.927 bits per heavy atom. The number of rotatable bonds is 6. The third-order valence-electron chi connectivity index (χ3n) is 9.58. The second kappa shape index (κ2) is 16.9. The molecule has 0 atom stereocenters. The van der Waals surface area contributed by atoms with Gasteiger partial charge in [0.05, 0.1) is 22.8 Å². The fourth-order valence-electron chi connectivity index (χ4n) is 7.23. The van der Waals surface area contributed by atoms with Crippen LogP contribution in [0, 0.1) is 0 Å². The minimum atomic E-state index is -0.106. The van der Waals surface area contributed by atoms with Gasteiger partial charge in [-0.2, -0.15) is 0 Å². The van der Waals surface area contributed by atoms with Gasteiger partial charge in [0, 0.05) is 48.8 Å². The Morgan fingerprint density at radius 1 is 0.345 bits per heavy atom. The van der Waals surface area contributed by atoms with Gasteiger partial charge in [-0.25, -0.2) is 9.98 Å². The van der Waals surface area contributed by atoms with E-state index >= 15 is 0 Å². The van der Waals surface area contributed by atoms with Gasteiger partial charge in [0.15, 0.2) is 0 Å². The van der Waals surface area contributed by atoms with Gasteiger partial charge in [0.2, 0.25) is 0 Å². The van der Waals surface area contributed by atoms with Gasteiger partial charge in [-0.15, -0.1) is 0 Å². The van der Waals surface area contributed by atoms with Gasteiger partial charge in [-0.05, 0) is 51.9 Å². The van der Waals surface area contributed by atoms with Gasteiger partial charge in [0.1, 0.15) is 0 Å². The van der Waals surface area contributed by atoms with Crippen LogP contribution in [-0.4, -0.2) is 11.4 Å². The van der Waals surface area contributed by atoms with Crippen LogP contribution in [-0.2, 0) is 15.9 Å². The number of nitrogens with zero attached hydrogens (tertiary/aromatic N) is 2. The molecule has 270 valence electrons. The van der Waals surface area contributed by atoms with E-state index < -0.39 is 0 Å². The summed E-state index contributed by atoms with van der Waals surface area (Å²) in [4.78, 5) is 11.4. The van der Waals surface area contributed by atoms with Crippen LogP contribution in [0.15, 0.2) is 192 Å². The van der Waals surface area contributed by atoms with Crippen molar-refractivity contribution in [2.45, 2.75) is 0 Å². The first-order valence-electron chi connectivity index (χ1n) is 17.5. The van der Waals surface area contributed by atoms with Crippen LogP contribution in [0.4, 0.5) is 11.4 Å². The van der Waals surface area contributed by atoms with E-state index in [2.05, 4.69) is 84.9 Å². The first kappa shape index (κ1) is 37.1. The van der Waals surface area contributed by atoms with Crippen molar-refractivity contribution in [3.05, 3.63) is 203 Å². The topological polar surface area (TPSA) is 24.7 Å². The quantitative estimate of drug-likeness (QED) is 0.149. The van der Waals surface area contributed by atoms with Crippen molar-refractivity contribution in [2.75, 3.05) is 0 Å². The van der Waals surface area contributed by atoms with E-state index in [0.717, 1.165) is 89.2 Å². The summed E-state index contributed by atoms with van der Waals surface area (Å²) in [5, 5.41) is 3.57. The molecular weight excluding hydrogens is 853 g/mol. The second-order valence-corrected chi connectivity index (χ2v) is 16.1. The summed E-state index contributed by atoms with van der Waals surface area (Å²) in [6.45, 7) is 0. The van der Waals surface area contributed by atoms with Crippen molar-refractivity contribution in [1.29, 1.82) is 0 Å². The molecule has 8 aromatic rings. The SMILES string of the molecule is Clc1cc(-c2ccccc2)c(N=C2C(=Nc3c(-c4ccccc4)cc(Cl)cc3-c3ccccc3)c3cccc4cccc2c34)c(-c2ccccc2)c1.[Cl][Pd][Cl]. The average molecular weight is 883 g/mol. The molecule has 2 nitrogen and oxygen atoms in total. The molecule has 0 unspecified atom stereocenters. The van der Waals surface area contributed by atoms with Gasteiger partial charge in [-0.3, -0.25) is 0 Å². The molecule has 0 aromatic heterocycles. The molecule has 0 aliphatic heterocycles. The Bertz CT molecular complexity index is 2400. The van der Waals surface area contributed by atoms with E-state index in [4.69, 9.17) is 52.2 Å². The molecule has 0 saturated heterocycles. The molecule has 1 aliphatic carbocycles. The summed E-state index contributed by atoms with van der Waals surface area (Å²) in [6.07, 6.45) is 0. The summed E-state index contributed by atoms with van der Waals surface area (Å²) in [5.74, 6) is 0. The fraction of sp³-hybridized carbons (Fsp3) is 0. The number of halogens is 4. The van der Waals surface area contributed by atoms with Crippen molar-refractivity contribution >= 4 is 75.8 Å². The summed E-state index contributed by atoms with van der Waals surface area (Å²) in [5.41, 5.74) is 13.3. The van der Waals surface area contributed by atoms with E-state index in [1.54, 1.807) is 0 Å². The van der Waals surface area contributed by atoms with Gasteiger partial charge in [-0.1, -0.05) is 181 Å². The molecule has 0 N–H and O–H groups in total. The fourth-order valence-corrected chi connectivity index (χ4v) is 7.67. The Balaban J connectivity index is 0.00000138. The Morgan fingerprint density at radius 2 is 0.636 bits per heavy atom. The molecule has 0 heterocycles. The first-order valence-corrected chi connectivity index (χ1v) is 22.2. The maximum absolute atomic E-state index is 6.89. The molecule has 7 heteroatoms. The monoisotopic (exact) mass is 880 g/mol. The van der Waals surface area contributed by atoms with Gasteiger partial charge in [0.25, 0.3) is 0 Å². The molecule has 8 aromatic carbocycles. The minimum absolute atomic E-state index is 0.106. The van der Waals surface area contributed by atoms with E-state index in [1.165, 1.54) is 0 Å². The molecule has 0 saturated carbocycles. The van der Waals surface area contributed by atoms with E-state index in [-0.39, 0.29) is 15.9 Å². The van der Waals surface area contributed by atoms with E-state index in [1.807, 2.05) is 97.1 Å². The molecule has 0 bridgehead atoms. The van der Waals surface area contributed by atoms with Crippen molar-refractivity contribution < 1.29 is 15.9 Å². The van der Waals surface area contributed by atoms with Crippen molar-refractivity contribution in [3.63, 3.8) is 0 Å². The molecule has 9 rings (SSSR count). The molecule has 55 heavy (non-hydrogen) atoms. The summed E-state index contributed by atoms with van der Waals surface area (Å²) < 4.78 is 0. The van der Waals surface area contributed by atoms with Crippen LogP contribution in [0.25, 0.3) is 55.3 Å². The summed E-state index contributed by atoms with van der Waals surface area (Å²) in [6, 6.07) is 62.2. The van der Waals surface area contributed by atoms with Crippen molar-refractivity contribution in [3.8, 4) is 44.5 Å². The predicted octanol–water partition coefficient (Wildman–Crippen LogP) is 15.4. The van der Waals surface area contributed by atoms with Gasteiger partial charge >= 0.3 is 35.0 Å². The summed E-state index contributed by atoms with van der Waals surface area (Å²) >= 11 is 13.7. The van der Waals surface area contributed by atoms with Crippen LogP contribution in [0.2, 0.25) is 10.0 Å². The van der Waals surface area contributed by atoms with Crippen LogP contribution in [0.3, 0.4) is 0 Å².